The lowest BCUT2D eigenvalue weighted by Crippen LogP contribution is -2.75. The summed E-state index contributed by atoms with van der Waals surface area (Å²) in [6, 6.07) is 9.53. The first-order chi connectivity index (χ1) is 13.1. The lowest BCUT2D eigenvalue weighted by molar-refractivity contribution is -0.212. The summed E-state index contributed by atoms with van der Waals surface area (Å²) < 4.78 is 11.5. The molecule has 1 aromatic rings. The van der Waals surface area contributed by atoms with Crippen LogP contribution < -0.4 is 5.73 Å². The van der Waals surface area contributed by atoms with Crippen LogP contribution in [-0.4, -0.2) is 23.1 Å². The minimum Gasteiger partial charge on any atom is -0.460 e. The normalized spacial score (nSPS) is 36.2. The smallest absolute Gasteiger partial charge is 0.326 e. The molecule has 152 valence electrons. The Morgan fingerprint density at radius 1 is 1.04 bits per heavy atom. The SMILES string of the molecule is CC(C)(C)OC(=O)C1(C(=O)OCc2ccccc2)C2CC3CC(C2)CC1(N)C3. The minimum atomic E-state index is -1.40. The van der Waals surface area contributed by atoms with Crippen LogP contribution in [-0.2, 0) is 25.7 Å². The second-order valence-electron chi connectivity index (χ2n) is 10.1. The quantitative estimate of drug-likeness (QED) is 0.633. The van der Waals surface area contributed by atoms with E-state index in [1.165, 1.54) is 6.42 Å². The number of rotatable bonds is 4. The number of carbonyl (C=O) groups is 2. The summed E-state index contributed by atoms with van der Waals surface area (Å²) in [5.74, 6) is -0.0943. The van der Waals surface area contributed by atoms with Crippen molar-refractivity contribution in [2.75, 3.05) is 0 Å². The van der Waals surface area contributed by atoms with E-state index in [9.17, 15) is 9.59 Å². The van der Waals surface area contributed by atoms with E-state index in [2.05, 4.69) is 0 Å². The zero-order chi connectivity index (χ0) is 20.2. The van der Waals surface area contributed by atoms with E-state index in [0.717, 1.165) is 18.4 Å². The Morgan fingerprint density at radius 3 is 2.18 bits per heavy atom. The van der Waals surface area contributed by atoms with Crippen LogP contribution in [0, 0.1) is 23.2 Å². The van der Waals surface area contributed by atoms with Crippen LogP contribution >= 0.6 is 0 Å². The van der Waals surface area contributed by atoms with Crippen LogP contribution in [0.5, 0.6) is 0 Å². The van der Waals surface area contributed by atoms with Crippen molar-refractivity contribution in [3.05, 3.63) is 35.9 Å². The Hall–Kier alpha value is -1.88. The number of carbonyl (C=O) groups excluding carboxylic acids is 2. The molecule has 4 fully saturated rings. The molecular formula is C23H31NO4. The molecule has 1 aromatic carbocycles. The molecule has 2 N–H and O–H groups in total. The van der Waals surface area contributed by atoms with Gasteiger partial charge in [0.25, 0.3) is 0 Å². The Labute approximate surface area is 167 Å². The second-order valence-corrected chi connectivity index (χ2v) is 10.1. The van der Waals surface area contributed by atoms with Crippen molar-refractivity contribution >= 4 is 11.9 Å². The molecule has 0 aromatic heterocycles. The fraction of sp³-hybridized carbons (Fsp3) is 0.652. The summed E-state index contributed by atoms with van der Waals surface area (Å²) in [6.07, 6.45) is 4.27. The van der Waals surface area contributed by atoms with Crippen LogP contribution in [0.2, 0.25) is 0 Å². The van der Waals surface area contributed by atoms with Crippen molar-refractivity contribution in [2.24, 2.45) is 28.9 Å². The maximum atomic E-state index is 13.6. The molecule has 3 unspecified atom stereocenters. The van der Waals surface area contributed by atoms with Gasteiger partial charge in [0.15, 0.2) is 5.41 Å². The molecule has 28 heavy (non-hydrogen) atoms. The van der Waals surface area contributed by atoms with Crippen LogP contribution in [0.25, 0.3) is 0 Å². The maximum Gasteiger partial charge on any atom is 0.326 e. The number of nitrogens with two attached hydrogens (primary N) is 1. The molecule has 3 atom stereocenters. The summed E-state index contributed by atoms with van der Waals surface area (Å²) in [4.78, 5) is 27.1. The van der Waals surface area contributed by atoms with Crippen molar-refractivity contribution in [3.63, 3.8) is 0 Å². The highest BCUT2D eigenvalue weighted by atomic mass is 16.6. The van der Waals surface area contributed by atoms with E-state index in [4.69, 9.17) is 15.2 Å². The fourth-order valence-electron chi connectivity index (χ4n) is 6.11. The molecule has 0 heterocycles. The van der Waals surface area contributed by atoms with Gasteiger partial charge in [0, 0.05) is 5.54 Å². The molecule has 4 saturated carbocycles. The number of benzene rings is 1. The van der Waals surface area contributed by atoms with Crippen molar-refractivity contribution in [2.45, 2.75) is 70.6 Å². The van der Waals surface area contributed by atoms with Gasteiger partial charge in [0.1, 0.15) is 12.2 Å². The van der Waals surface area contributed by atoms with Gasteiger partial charge in [-0.2, -0.15) is 0 Å². The highest BCUT2D eigenvalue weighted by Gasteiger charge is 2.73. The molecule has 4 bridgehead atoms. The van der Waals surface area contributed by atoms with Gasteiger partial charge in [-0.1, -0.05) is 30.3 Å². The highest BCUT2D eigenvalue weighted by Crippen LogP contribution is 2.64. The largest absolute Gasteiger partial charge is 0.460 e. The van der Waals surface area contributed by atoms with E-state index < -0.39 is 28.5 Å². The predicted octanol–water partition coefficient (Wildman–Crippen LogP) is 3.60. The van der Waals surface area contributed by atoms with Crippen molar-refractivity contribution < 1.29 is 19.1 Å². The molecule has 0 saturated heterocycles. The lowest BCUT2D eigenvalue weighted by atomic mass is 9.42. The van der Waals surface area contributed by atoms with Gasteiger partial charge in [-0.25, -0.2) is 0 Å². The second kappa shape index (κ2) is 6.58. The summed E-state index contributed by atoms with van der Waals surface area (Å²) in [5.41, 5.74) is 4.82. The Morgan fingerprint density at radius 2 is 1.64 bits per heavy atom. The van der Waals surface area contributed by atoms with Crippen LogP contribution in [0.15, 0.2) is 30.3 Å². The zero-order valence-corrected chi connectivity index (χ0v) is 17.1. The molecule has 0 aliphatic heterocycles. The molecule has 0 spiro atoms. The topological polar surface area (TPSA) is 78.6 Å². The molecule has 4 aliphatic rings. The Balaban J connectivity index is 1.68. The fourth-order valence-corrected chi connectivity index (χ4v) is 6.11. The van der Waals surface area contributed by atoms with Gasteiger partial charge in [0.2, 0.25) is 0 Å². The average molecular weight is 386 g/mol. The van der Waals surface area contributed by atoms with Gasteiger partial charge in [-0.15, -0.1) is 0 Å². The first-order valence-corrected chi connectivity index (χ1v) is 10.4. The van der Waals surface area contributed by atoms with Crippen molar-refractivity contribution in [3.8, 4) is 0 Å². The highest BCUT2D eigenvalue weighted by molar-refractivity contribution is 6.03. The number of hydrogen-bond donors (Lipinski definition) is 1. The Bertz CT molecular complexity index is 755. The third-order valence-corrected chi connectivity index (χ3v) is 6.86. The van der Waals surface area contributed by atoms with Crippen molar-refractivity contribution in [1.82, 2.24) is 0 Å². The van der Waals surface area contributed by atoms with Gasteiger partial charge >= 0.3 is 11.9 Å². The monoisotopic (exact) mass is 385 g/mol. The number of ether oxygens (including phenoxy) is 2. The first-order valence-electron chi connectivity index (χ1n) is 10.4. The van der Waals surface area contributed by atoms with E-state index in [1.54, 1.807) is 0 Å². The number of hydrogen-bond acceptors (Lipinski definition) is 5. The molecule has 5 heteroatoms. The number of esters is 2. The first kappa shape index (κ1) is 19.4. The van der Waals surface area contributed by atoms with Crippen molar-refractivity contribution in [1.29, 1.82) is 0 Å². The van der Waals surface area contributed by atoms with Crippen LogP contribution in [0.1, 0.15) is 58.4 Å². The van der Waals surface area contributed by atoms with E-state index >= 15 is 0 Å². The third kappa shape index (κ3) is 3.04. The maximum absolute atomic E-state index is 13.6. The standard InChI is InChI=1S/C23H31NO4/c1-21(2,3)28-20(26)23(19(25)27-14-15-7-5-4-6-8-15)18-10-16-9-17(11-18)13-22(23,24)12-16/h4-8,16-18H,9-14,24H2,1-3H3. The van der Waals surface area contributed by atoms with Gasteiger partial charge in [-0.3, -0.25) is 9.59 Å². The van der Waals surface area contributed by atoms with Crippen LogP contribution in [0.3, 0.4) is 0 Å². The Kier molecular flexibility index (Phi) is 4.57. The van der Waals surface area contributed by atoms with Gasteiger partial charge < -0.3 is 15.2 Å². The molecule has 4 aliphatic carbocycles. The molecular weight excluding hydrogens is 354 g/mol. The van der Waals surface area contributed by atoms with E-state index in [0.29, 0.717) is 24.7 Å². The summed E-state index contributed by atoms with van der Waals surface area (Å²) >= 11 is 0. The predicted molar refractivity (Wildman–Crippen MR) is 105 cm³/mol. The average Bonchev–Trinajstić information content (AvgIpc) is 2.58. The van der Waals surface area contributed by atoms with Crippen LogP contribution in [0.4, 0.5) is 0 Å². The minimum absolute atomic E-state index is 0.0955. The summed E-state index contributed by atoms with van der Waals surface area (Å²) in [5, 5.41) is 0. The summed E-state index contributed by atoms with van der Waals surface area (Å²) in [7, 11) is 0. The molecule has 5 rings (SSSR count). The third-order valence-electron chi connectivity index (χ3n) is 6.86. The lowest BCUT2D eigenvalue weighted by Gasteiger charge is -2.63. The molecule has 5 nitrogen and oxygen atoms in total. The summed E-state index contributed by atoms with van der Waals surface area (Å²) in [6.45, 7) is 5.62. The zero-order valence-electron chi connectivity index (χ0n) is 17.1. The van der Waals surface area contributed by atoms with Gasteiger partial charge in [0.05, 0.1) is 0 Å². The van der Waals surface area contributed by atoms with E-state index in [-0.39, 0.29) is 12.5 Å². The molecule has 0 radical (unpaired) electrons. The van der Waals surface area contributed by atoms with E-state index in [1.807, 2.05) is 51.1 Å². The van der Waals surface area contributed by atoms with Gasteiger partial charge in [-0.05, 0) is 76.2 Å². The molecule has 0 amide bonds.